The van der Waals surface area contributed by atoms with E-state index in [1.807, 2.05) is 6.07 Å². The van der Waals surface area contributed by atoms with Gasteiger partial charge in [-0.15, -0.1) is 0 Å². The molecule has 0 aliphatic heterocycles. The number of hydrogen-bond donors (Lipinski definition) is 1. The van der Waals surface area contributed by atoms with Gasteiger partial charge in [-0.3, -0.25) is 4.79 Å². The molecule has 1 aromatic carbocycles. The average molecular weight is 243 g/mol. The summed E-state index contributed by atoms with van der Waals surface area (Å²) >= 11 is 0.925. The molecule has 0 aliphatic rings. The van der Waals surface area contributed by atoms with Crippen molar-refractivity contribution in [3.05, 3.63) is 41.7 Å². The van der Waals surface area contributed by atoms with Crippen LogP contribution in [0.15, 0.2) is 46.6 Å². The Balaban J connectivity index is 0.00000225. The fourth-order valence-corrected chi connectivity index (χ4v) is 1.72. The number of rotatable bonds is 2. The molecule has 0 amide bonds. The molecule has 0 saturated heterocycles. The Morgan fingerprint density at radius 3 is 2.38 bits per heavy atom. The van der Waals surface area contributed by atoms with Crippen LogP contribution in [0.3, 0.4) is 0 Å². The number of allylic oxidation sites excluding steroid dienone is 1. The topological polar surface area (TPSA) is 61.1 Å². The first kappa shape index (κ1) is 15.3. The van der Waals surface area contributed by atoms with Crippen LogP contribution >= 0.6 is 11.8 Å². The third-order valence-corrected chi connectivity index (χ3v) is 2.53. The van der Waals surface area contributed by atoms with Gasteiger partial charge >= 0.3 is 29.6 Å². The molecule has 0 radical (unpaired) electrons. The van der Waals surface area contributed by atoms with Crippen molar-refractivity contribution in [2.45, 2.75) is 11.8 Å². The summed E-state index contributed by atoms with van der Waals surface area (Å²) in [7, 11) is 0. The van der Waals surface area contributed by atoms with Crippen LogP contribution in [0.4, 0.5) is 0 Å². The monoisotopic (exact) mass is 243 g/mol. The van der Waals surface area contributed by atoms with Crippen molar-refractivity contribution in [3.63, 3.8) is 0 Å². The third kappa shape index (κ3) is 4.42. The van der Waals surface area contributed by atoms with Crippen LogP contribution in [-0.4, -0.2) is 39.8 Å². The number of thioether (sulfide) groups is 1. The van der Waals surface area contributed by atoms with E-state index >= 15 is 0 Å². The minimum atomic E-state index is -0.441. The Labute approximate surface area is 120 Å². The first-order valence-corrected chi connectivity index (χ1v) is 5.04. The van der Waals surface area contributed by atoms with E-state index in [9.17, 15) is 4.79 Å². The Hall–Kier alpha value is -0.730. The molecule has 1 aromatic rings. The van der Waals surface area contributed by atoms with E-state index in [0.29, 0.717) is 0 Å². The Bertz CT molecular complexity index is 433. The number of aliphatic hydroxyl groups excluding tert-OH is 1. The Morgan fingerprint density at radius 2 is 1.94 bits per heavy atom. The van der Waals surface area contributed by atoms with Gasteiger partial charge < -0.3 is 5.11 Å². The first-order valence-electron chi connectivity index (χ1n) is 4.22. The maximum absolute atomic E-state index is 11.5. The van der Waals surface area contributed by atoms with E-state index in [4.69, 9.17) is 10.4 Å². The van der Waals surface area contributed by atoms with Gasteiger partial charge in [-0.1, -0.05) is 18.2 Å². The summed E-state index contributed by atoms with van der Waals surface area (Å²) in [5, 5.41) is 17.3. The number of hydrogen-bond acceptors (Lipinski definition) is 4. The molecule has 78 valence electrons. The van der Waals surface area contributed by atoms with Gasteiger partial charge in [-0.2, -0.15) is 5.26 Å². The number of carbonyl (C=O) groups is 1. The van der Waals surface area contributed by atoms with Crippen molar-refractivity contribution in [3.8, 4) is 6.07 Å². The second-order valence-electron chi connectivity index (χ2n) is 2.77. The molecule has 0 bridgehead atoms. The Morgan fingerprint density at radius 1 is 1.38 bits per heavy atom. The first-order chi connectivity index (χ1) is 7.15. The van der Waals surface area contributed by atoms with E-state index in [2.05, 4.69) is 0 Å². The summed E-state index contributed by atoms with van der Waals surface area (Å²) in [6, 6.07) is 10.7. The van der Waals surface area contributed by atoms with Gasteiger partial charge in [0, 0.05) is 4.90 Å². The van der Waals surface area contributed by atoms with Crippen LogP contribution in [0, 0.1) is 11.3 Å². The van der Waals surface area contributed by atoms with Gasteiger partial charge in [0.05, 0.1) is 0 Å². The summed E-state index contributed by atoms with van der Waals surface area (Å²) in [5.74, 6) is -0.245. The minimum absolute atomic E-state index is 0. The zero-order valence-electron chi connectivity index (χ0n) is 8.10. The van der Waals surface area contributed by atoms with Gasteiger partial charge in [0.25, 0.3) is 0 Å². The second kappa shape index (κ2) is 7.53. The van der Waals surface area contributed by atoms with Gasteiger partial charge in [0.2, 0.25) is 5.12 Å². The van der Waals surface area contributed by atoms with E-state index in [0.717, 1.165) is 16.7 Å². The van der Waals surface area contributed by atoms with Crippen LogP contribution in [0.2, 0.25) is 0 Å². The van der Waals surface area contributed by atoms with Crippen molar-refractivity contribution < 1.29 is 9.90 Å². The molecule has 0 fully saturated rings. The van der Waals surface area contributed by atoms with E-state index in [1.165, 1.54) is 6.92 Å². The van der Waals surface area contributed by atoms with Crippen LogP contribution in [-0.2, 0) is 4.79 Å². The zero-order chi connectivity index (χ0) is 11.3. The molecule has 0 spiro atoms. The summed E-state index contributed by atoms with van der Waals surface area (Å²) in [5.41, 5.74) is -0.205. The summed E-state index contributed by atoms with van der Waals surface area (Å²) in [6.45, 7) is 1.32. The molecule has 1 rings (SSSR count). The molecule has 0 atom stereocenters. The maximum atomic E-state index is 11.5. The predicted molar refractivity (Wildman–Crippen MR) is 65.4 cm³/mol. The fourth-order valence-electron chi connectivity index (χ4n) is 0.921. The van der Waals surface area contributed by atoms with Crippen molar-refractivity contribution in [1.82, 2.24) is 0 Å². The number of aliphatic hydroxyl groups is 1. The predicted octanol–water partition coefficient (Wildman–Crippen LogP) is 2.01. The third-order valence-electron chi connectivity index (χ3n) is 1.63. The molecule has 0 aliphatic carbocycles. The fraction of sp³-hybridized carbons (Fsp3) is 0.0909. The number of nitrogens with zero attached hydrogens (tertiary/aromatic N) is 1. The summed E-state index contributed by atoms with van der Waals surface area (Å²) in [6.07, 6.45) is 0. The van der Waals surface area contributed by atoms with Gasteiger partial charge in [0.15, 0.2) is 0 Å². The normalized spacial score (nSPS) is 10.8. The second-order valence-corrected chi connectivity index (χ2v) is 3.82. The number of carbonyl (C=O) groups excluding carboxylic acids is 1. The Kier molecular flexibility index (Phi) is 7.18. The SMILES string of the molecule is C/C(O)=C(\C#N)C(=O)Sc1ccccc1.[NaH]. The molecule has 5 heteroatoms. The molecule has 16 heavy (non-hydrogen) atoms. The molecule has 0 heterocycles. The van der Waals surface area contributed by atoms with E-state index in [-0.39, 0.29) is 40.9 Å². The molecule has 3 nitrogen and oxygen atoms in total. The van der Waals surface area contributed by atoms with Gasteiger partial charge in [-0.05, 0) is 30.8 Å². The molecule has 0 saturated carbocycles. The van der Waals surface area contributed by atoms with Crippen molar-refractivity contribution in [2.24, 2.45) is 0 Å². The van der Waals surface area contributed by atoms with Crippen LogP contribution in [0.5, 0.6) is 0 Å². The van der Waals surface area contributed by atoms with Gasteiger partial charge in [0.1, 0.15) is 17.4 Å². The van der Waals surface area contributed by atoms with E-state index < -0.39 is 5.12 Å². The van der Waals surface area contributed by atoms with Crippen molar-refractivity contribution in [1.29, 1.82) is 5.26 Å². The van der Waals surface area contributed by atoms with Crippen molar-refractivity contribution in [2.75, 3.05) is 0 Å². The number of benzene rings is 1. The molecular formula is C11H10NNaO2S. The van der Waals surface area contributed by atoms with Crippen molar-refractivity contribution >= 4 is 46.4 Å². The van der Waals surface area contributed by atoms with Crippen LogP contribution in [0.1, 0.15) is 6.92 Å². The molecule has 1 N–H and O–H groups in total. The molecular weight excluding hydrogens is 233 g/mol. The zero-order valence-corrected chi connectivity index (χ0v) is 8.91. The van der Waals surface area contributed by atoms with Crippen LogP contribution < -0.4 is 0 Å². The van der Waals surface area contributed by atoms with Crippen LogP contribution in [0.25, 0.3) is 0 Å². The summed E-state index contributed by atoms with van der Waals surface area (Å²) in [4.78, 5) is 12.3. The summed E-state index contributed by atoms with van der Waals surface area (Å²) < 4.78 is 0. The standard InChI is InChI=1S/C11H9NO2S.Na.H/c1-8(13)10(7-12)11(14)15-9-5-3-2-4-6-9;;/h2-6,13H,1H3;;/b10-8-;;. The molecule has 0 aromatic heterocycles. The number of nitriles is 1. The van der Waals surface area contributed by atoms with E-state index in [1.54, 1.807) is 30.3 Å². The molecule has 0 unspecified atom stereocenters. The average Bonchev–Trinajstić information content (AvgIpc) is 2.19. The quantitative estimate of drug-likeness (QED) is 0.284. The van der Waals surface area contributed by atoms with Gasteiger partial charge in [-0.25, -0.2) is 0 Å².